The molecule has 1 aliphatic carbocycles. The predicted molar refractivity (Wildman–Crippen MR) is 108 cm³/mol. The highest BCUT2D eigenvalue weighted by Gasteiger charge is 2.35. The first-order chi connectivity index (χ1) is 13.1. The van der Waals surface area contributed by atoms with Crippen LogP contribution in [0, 0.1) is 5.92 Å². The van der Waals surface area contributed by atoms with Crippen LogP contribution in [-0.2, 0) is 20.9 Å². The van der Waals surface area contributed by atoms with Gasteiger partial charge in [-0.3, -0.25) is 4.79 Å². The molecular weight excluding hydrogens is 340 g/mol. The molecule has 2 rings (SSSR count). The average Bonchev–Trinajstić information content (AvgIpc) is 2.73. The van der Waals surface area contributed by atoms with E-state index in [1.807, 2.05) is 24.3 Å². The van der Waals surface area contributed by atoms with Crippen LogP contribution in [-0.4, -0.2) is 32.2 Å². The van der Waals surface area contributed by atoms with Gasteiger partial charge in [-0.15, -0.1) is 6.58 Å². The number of ether oxygens (including phenoxy) is 3. The number of carbonyl (C=O) groups excluding carboxylic acids is 1. The molecule has 0 bridgehead atoms. The van der Waals surface area contributed by atoms with Crippen LogP contribution in [0.2, 0.25) is 0 Å². The van der Waals surface area contributed by atoms with Crippen LogP contribution in [0.25, 0.3) is 0 Å². The third kappa shape index (κ3) is 5.65. The van der Waals surface area contributed by atoms with E-state index in [-0.39, 0.29) is 11.7 Å². The van der Waals surface area contributed by atoms with Crippen molar-refractivity contribution in [2.24, 2.45) is 5.92 Å². The number of ketones is 1. The molecule has 0 amide bonds. The Bertz CT molecular complexity index is 659. The second kappa shape index (κ2) is 10.9. The number of hydrogen-bond acceptors (Lipinski definition) is 4. The molecule has 1 aliphatic rings. The Hall–Kier alpha value is -2.17. The summed E-state index contributed by atoms with van der Waals surface area (Å²) in [5, 5.41) is 0. The van der Waals surface area contributed by atoms with Crippen molar-refractivity contribution in [1.29, 1.82) is 0 Å². The third-order valence-electron chi connectivity index (χ3n) is 4.99. The van der Waals surface area contributed by atoms with Gasteiger partial charge in [0.2, 0.25) is 0 Å². The molecule has 0 heterocycles. The summed E-state index contributed by atoms with van der Waals surface area (Å²) in [6.07, 6.45) is 8.59. The second-order valence-corrected chi connectivity index (χ2v) is 6.67. The zero-order chi connectivity index (χ0) is 19.6. The van der Waals surface area contributed by atoms with Gasteiger partial charge in [0.1, 0.15) is 18.0 Å². The van der Waals surface area contributed by atoms with Crippen LogP contribution >= 0.6 is 0 Å². The minimum Gasteiger partial charge on any atom is -0.497 e. The standard InChI is InChI=1S/C23H30O4/c1-5-20(24)22(18-10-8-7-9-11-18)23(26-4)21(6-2)27-16-17-12-14-19(25-3)15-13-17/h5-6,10,12-15,21-23H,1-2,7-9,11,16H2,3-4H3/t21-,22-,23-/m1/s1. The Balaban J connectivity index is 2.15. The van der Waals surface area contributed by atoms with Crippen molar-refractivity contribution >= 4 is 5.78 Å². The number of hydrogen-bond donors (Lipinski definition) is 0. The normalized spacial score (nSPS) is 17.3. The van der Waals surface area contributed by atoms with Gasteiger partial charge in [0.25, 0.3) is 0 Å². The molecule has 27 heavy (non-hydrogen) atoms. The van der Waals surface area contributed by atoms with E-state index in [2.05, 4.69) is 19.2 Å². The molecule has 146 valence electrons. The van der Waals surface area contributed by atoms with Crippen LogP contribution in [0.15, 0.2) is 61.2 Å². The van der Waals surface area contributed by atoms with Gasteiger partial charge >= 0.3 is 0 Å². The summed E-state index contributed by atoms with van der Waals surface area (Å²) in [7, 11) is 3.25. The Kier molecular flexibility index (Phi) is 8.49. The monoisotopic (exact) mass is 370 g/mol. The highest BCUT2D eigenvalue weighted by Crippen LogP contribution is 2.31. The summed E-state index contributed by atoms with van der Waals surface area (Å²) in [5.74, 6) is 0.385. The van der Waals surface area contributed by atoms with Gasteiger partial charge in [0, 0.05) is 7.11 Å². The molecule has 4 heteroatoms. The SMILES string of the molecule is C=CC(=O)[C@@H](C1=CCCCC1)[C@H](OC)[C@@H](C=C)OCc1ccc(OC)cc1. The van der Waals surface area contributed by atoms with E-state index in [0.717, 1.165) is 42.6 Å². The number of benzene rings is 1. The summed E-state index contributed by atoms with van der Waals surface area (Å²) < 4.78 is 17.0. The lowest BCUT2D eigenvalue weighted by atomic mass is 9.81. The summed E-state index contributed by atoms with van der Waals surface area (Å²) >= 11 is 0. The first-order valence-corrected chi connectivity index (χ1v) is 9.39. The van der Waals surface area contributed by atoms with Gasteiger partial charge in [-0.25, -0.2) is 0 Å². The van der Waals surface area contributed by atoms with Crippen LogP contribution in [0.1, 0.15) is 31.2 Å². The highest BCUT2D eigenvalue weighted by atomic mass is 16.5. The smallest absolute Gasteiger partial charge is 0.164 e. The number of rotatable bonds is 11. The quantitative estimate of drug-likeness (QED) is 0.420. The maximum Gasteiger partial charge on any atom is 0.164 e. The van der Waals surface area contributed by atoms with Crippen LogP contribution in [0.5, 0.6) is 5.75 Å². The molecule has 0 spiro atoms. The minimum atomic E-state index is -0.435. The fourth-order valence-corrected chi connectivity index (χ4v) is 3.50. The van der Waals surface area contributed by atoms with E-state index in [9.17, 15) is 4.79 Å². The van der Waals surface area contributed by atoms with Crippen molar-refractivity contribution < 1.29 is 19.0 Å². The van der Waals surface area contributed by atoms with Gasteiger partial charge in [0.05, 0.1) is 19.6 Å². The number of carbonyl (C=O) groups is 1. The van der Waals surface area contributed by atoms with Crippen LogP contribution in [0.3, 0.4) is 0 Å². The molecular formula is C23H30O4. The van der Waals surface area contributed by atoms with E-state index < -0.39 is 12.2 Å². The maximum atomic E-state index is 12.6. The molecule has 0 aromatic heterocycles. The Labute approximate surface area is 162 Å². The highest BCUT2D eigenvalue weighted by molar-refractivity contribution is 5.93. The molecule has 1 aromatic carbocycles. The Morgan fingerprint density at radius 3 is 2.44 bits per heavy atom. The molecule has 0 unspecified atom stereocenters. The minimum absolute atomic E-state index is 0.0325. The predicted octanol–water partition coefficient (Wildman–Crippen LogP) is 4.65. The van der Waals surface area contributed by atoms with Gasteiger partial charge < -0.3 is 14.2 Å². The summed E-state index contributed by atoms with van der Waals surface area (Å²) in [5.41, 5.74) is 2.14. The lowest BCUT2D eigenvalue weighted by Crippen LogP contribution is -2.40. The lowest BCUT2D eigenvalue weighted by Gasteiger charge is -2.32. The largest absolute Gasteiger partial charge is 0.497 e. The Morgan fingerprint density at radius 1 is 1.19 bits per heavy atom. The van der Waals surface area contributed by atoms with Gasteiger partial charge in [-0.05, 0) is 49.5 Å². The first kappa shape index (κ1) is 21.1. The average molecular weight is 370 g/mol. The van der Waals surface area contributed by atoms with Gasteiger partial charge in [0.15, 0.2) is 5.78 Å². The third-order valence-corrected chi connectivity index (χ3v) is 4.99. The zero-order valence-electron chi connectivity index (χ0n) is 16.4. The Morgan fingerprint density at radius 2 is 1.93 bits per heavy atom. The molecule has 0 aliphatic heterocycles. The van der Waals surface area contributed by atoms with Gasteiger partial charge in [-0.2, -0.15) is 0 Å². The topological polar surface area (TPSA) is 44.8 Å². The van der Waals surface area contributed by atoms with Crippen molar-refractivity contribution in [3.8, 4) is 5.75 Å². The van der Waals surface area contributed by atoms with Crippen molar-refractivity contribution in [3.63, 3.8) is 0 Å². The second-order valence-electron chi connectivity index (χ2n) is 6.67. The zero-order valence-corrected chi connectivity index (χ0v) is 16.4. The molecule has 1 aromatic rings. The molecule has 0 fully saturated rings. The van der Waals surface area contributed by atoms with Crippen molar-refractivity contribution in [1.82, 2.24) is 0 Å². The van der Waals surface area contributed by atoms with E-state index in [1.165, 1.54) is 6.08 Å². The number of allylic oxidation sites excluding steroid dienone is 2. The molecule has 0 radical (unpaired) electrons. The molecule has 0 saturated carbocycles. The maximum absolute atomic E-state index is 12.6. The van der Waals surface area contributed by atoms with Gasteiger partial charge in [-0.1, -0.05) is 36.4 Å². The summed E-state index contributed by atoms with van der Waals surface area (Å²) in [6.45, 7) is 7.98. The molecule has 4 nitrogen and oxygen atoms in total. The van der Waals surface area contributed by atoms with Crippen LogP contribution < -0.4 is 4.74 Å². The summed E-state index contributed by atoms with van der Waals surface area (Å²) in [6, 6.07) is 7.70. The molecule has 3 atom stereocenters. The number of methoxy groups -OCH3 is 2. The fourth-order valence-electron chi connectivity index (χ4n) is 3.50. The fraction of sp³-hybridized carbons (Fsp3) is 0.435. The van der Waals surface area contributed by atoms with E-state index >= 15 is 0 Å². The van der Waals surface area contributed by atoms with E-state index in [1.54, 1.807) is 20.3 Å². The lowest BCUT2D eigenvalue weighted by molar-refractivity contribution is -0.126. The van der Waals surface area contributed by atoms with Crippen molar-refractivity contribution in [3.05, 3.63) is 66.8 Å². The molecule has 0 N–H and O–H groups in total. The summed E-state index contributed by atoms with van der Waals surface area (Å²) in [4.78, 5) is 12.6. The van der Waals surface area contributed by atoms with Crippen molar-refractivity contribution in [2.45, 2.75) is 44.5 Å². The van der Waals surface area contributed by atoms with Crippen LogP contribution in [0.4, 0.5) is 0 Å². The molecule has 0 saturated heterocycles. The first-order valence-electron chi connectivity index (χ1n) is 9.39. The van der Waals surface area contributed by atoms with E-state index in [4.69, 9.17) is 14.2 Å². The van der Waals surface area contributed by atoms with Crippen molar-refractivity contribution in [2.75, 3.05) is 14.2 Å². The van der Waals surface area contributed by atoms with E-state index in [0.29, 0.717) is 6.61 Å².